The van der Waals surface area contributed by atoms with Gasteiger partial charge in [-0.25, -0.2) is 0 Å². The summed E-state index contributed by atoms with van der Waals surface area (Å²) < 4.78 is 0. The molecule has 2 aliphatic rings. The quantitative estimate of drug-likeness (QED) is 0.726. The molecule has 1 N–H and O–H groups in total. The molecule has 2 unspecified atom stereocenters. The molecule has 3 rings (SSSR count). The highest BCUT2D eigenvalue weighted by molar-refractivity contribution is 5.30. The van der Waals surface area contributed by atoms with E-state index in [-0.39, 0.29) is 6.10 Å². The number of aryl methyl sites for hydroxylation is 1. The van der Waals surface area contributed by atoms with Crippen LogP contribution in [0.5, 0.6) is 0 Å². The van der Waals surface area contributed by atoms with Crippen molar-refractivity contribution in [2.24, 2.45) is 11.8 Å². The molecule has 17 heavy (non-hydrogen) atoms. The highest BCUT2D eigenvalue weighted by Crippen LogP contribution is 2.43. The summed E-state index contributed by atoms with van der Waals surface area (Å²) in [6.45, 7) is 0. The maximum atomic E-state index is 10.7. The van der Waals surface area contributed by atoms with E-state index in [0.29, 0.717) is 5.92 Å². The third-order valence-electron chi connectivity index (χ3n) is 4.77. The topological polar surface area (TPSA) is 20.2 Å². The Morgan fingerprint density at radius 1 is 0.941 bits per heavy atom. The summed E-state index contributed by atoms with van der Waals surface area (Å²) in [6.07, 6.45) is 8.81. The second kappa shape index (κ2) is 4.81. The highest BCUT2D eigenvalue weighted by atomic mass is 16.3. The van der Waals surface area contributed by atoms with E-state index < -0.39 is 0 Å². The summed E-state index contributed by atoms with van der Waals surface area (Å²) in [5.41, 5.74) is 2.59. The van der Waals surface area contributed by atoms with Gasteiger partial charge in [-0.15, -0.1) is 0 Å². The van der Waals surface area contributed by atoms with Crippen molar-refractivity contribution in [3.05, 3.63) is 35.4 Å². The van der Waals surface area contributed by atoms with E-state index in [4.69, 9.17) is 0 Å². The van der Waals surface area contributed by atoms with Crippen molar-refractivity contribution >= 4 is 0 Å². The number of aliphatic hydroxyl groups excluding tert-OH is 1. The Labute approximate surface area is 104 Å². The van der Waals surface area contributed by atoms with E-state index in [9.17, 15) is 5.11 Å². The fourth-order valence-electron chi connectivity index (χ4n) is 3.85. The number of hydrogen-bond acceptors (Lipinski definition) is 1. The molecule has 1 nitrogen and oxygen atoms in total. The zero-order chi connectivity index (χ0) is 11.7. The summed E-state index contributed by atoms with van der Waals surface area (Å²) in [5.74, 6) is 1.29. The standard InChI is InChI=1S/C16H22O/c17-16-14-10-4-3-8-13(14)9-5-11-15(16)12-6-1-2-7-12/h3-4,8,10,12,15-17H,1-2,5-7,9,11H2. The van der Waals surface area contributed by atoms with Crippen LogP contribution in [0.2, 0.25) is 0 Å². The maximum Gasteiger partial charge on any atom is 0.0823 e. The van der Waals surface area contributed by atoms with Crippen molar-refractivity contribution in [2.75, 3.05) is 0 Å². The first-order valence-corrected chi connectivity index (χ1v) is 7.12. The normalized spacial score (nSPS) is 29.9. The van der Waals surface area contributed by atoms with E-state index in [0.717, 1.165) is 12.3 Å². The molecule has 92 valence electrons. The van der Waals surface area contributed by atoms with Gasteiger partial charge in [0.15, 0.2) is 0 Å². The van der Waals surface area contributed by atoms with Crippen molar-refractivity contribution in [3.63, 3.8) is 0 Å². The fraction of sp³-hybridized carbons (Fsp3) is 0.625. The third kappa shape index (κ3) is 2.13. The van der Waals surface area contributed by atoms with Crippen molar-refractivity contribution < 1.29 is 5.11 Å². The van der Waals surface area contributed by atoms with Crippen LogP contribution in [-0.4, -0.2) is 5.11 Å². The molecule has 0 heterocycles. The van der Waals surface area contributed by atoms with Gasteiger partial charge in [-0.2, -0.15) is 0 Å². The predicted octanol–water partition coefficient (Wildman–Crippen LogP) is 3.86. The molecule has 2 aliphatic carbocycles. The van der Waals surface area contributed by atoms with Crippen LogP contribution in [0.15, 0.2) is 24.3 Å². The average Bonchev–Trinajstić information content (AvgIpc) is 2.83. The van der Waals surface area contributed by atoms with Crippen LogP contribution in [0.25, 0.3) is 0 Å². The summed E-state index contributed by atoms with van der Waals surface area (Å²) in [6, 6.07) is 8.49. The van der Waals surface area contributed by atoms with Crippen LogP contribution in [0.1, 0.15) is 55.8 Å². The minimum Gasteiger partial charge on any atom is -0.388 e. The lowest BCUT2D eigenvalue weighted by Gasteiger charge is -2.27. The second-order valence-corrected chi connectivity index (χ2v) is 5.74. The van der Waals surface area contributed by atoms with Gasteiger partial charge in [0.2, 0.25) is 0 Å². The molecule has 0 saturated heterocycles. The van der Waals surface area contributed by atoms with Gasteiger partial charge < -0.3 is 5.11 Å². The van der Waals surface area contributed by atoms with E-state index in [2.05, 4.69) is 24.3 Å². The molecule has 0 spiro atoms. The lowest BCUT2D eigenvalue weighted by atomic mass is 9.81. The molecule has 1 aromatic rings. The predicted molar refractivity (Wildman–Crippen MR) is 69.8 cm³/mol. The summed E-state index contributed by atoms with van der Waals surface area (Å²) in [5, 5.41) is 10.7. The van der Waals surface area contributed by atoms with Gasteiger partial charge >= 0.3 is 0 Å². The minimum absolute atomic E-state index is 0.211. The van der Waals surface area contributed by atoms with Gasteiger partial charge in [0.25, 0.3) is 0 Å². The van der Waals surface area contributed by atoms with Crippen molar-refractivity contribution in [1.29, 1.82) is 0 Å². The van der Waals surface area contributed by atoms with Gasteiger partial charge in [-0.3, -0.25) is 0 Å². The Balaban J connectivity index is 1.88. The molecular formula is C16H22O. The van der Waals surface area contributed by atoms with Gasteiger partial charge in [0.05, 0.1) is 6.10 Å². The lowest BCUT2D eigenvalue weighted by molar-refractivity contribution is 0.0693. The lowest BCUT2D eigenvalue weighted by Crippen LogP contribution is -2.19. The molecule has 0 aromatic heterocycles. The van der Waals surface area contributed by atoms with Crippen molar-refractivity contribution in [3.8, 4) is 0 Å². The van der Waals surface area contributed by atoms with E-state index in [1.165, 1.54) is 49.7 Å². The highest BCUT2D eigenvalue weighted by Gasteiger charge is 2.33. The number of rotatable bonds is 1. The first-order valence-electron chi connectivity index (χ1n) is 7.12. The summed E-state index contributed by atoms with van der Waals surface area (Å²) >= 11 is 0. The molecule has 1 heteroatoms. The summed E-state index contributed by atoms with van der Waals surface area (Å²) in [4.78, 5) is 0. The Hall–Kier alpha value is -0.820. The molecule has 1 fully saturated rings. The number of fused-ring (bicyclic) bond motifs is 1. The van der Waals surface area contributed by atoms with Gasteiger partial charge in [-0.1, -0.05) is 49.9 Å². The van der Waals surface area contributed by atoms with Crippen LogP contribution in [0.4, 0.5) is 0 Å². The van der Waals surface area contributed by atoms with Gasteiger partial charge in [-0.05, 0) is 42.2 Å². The van der Waals surface area contributed by atoms with E-state index in [1.807, 2.05) is 0 Å². The van der Waals surface area contributed by atoms with Crippen molar-refractivity contribution in [2.45, 2.75) is 51.0 Å². The third-order valence-corrected chi connectivity index (χ3v) is 4.77. The monoisotopic (exact) mass is 230 g/mol. The second-order valence-electron chi connectivity index (χ2n) is 5.74. The van der Waals surface area contributed by atoms with Crippen LogP contribution in [0, 0.1) is 11.8 Å². The fourth-order valence-corrected chi connectivity index (χ4v) is 3.85. The molecular weight excluding hydrogens is 208 g/mol. The zero-order valence-corrected chi connectivity index (χ0v) is 10.4. The number of hydrogen-bond donors (Lipinski definition) is 1. The number of benzene rings is 1. The maximum absolute atomic E-state index is 10.7. The Kier molecular flexibility index (Phi) is 3.19. The largest absolute Gasteiger partial charge is 0.388 e. The number of aliphatic hydroxyl groups is 1. The molecule has 0 bridgehead atoms. The van der Waals surface area contributed by atoms with Crippen LogP contribution in [0.3, 0.4) is 0 Å². The first-order chi connectivity index (χ1) is 8.36. The molecule has 0 radical (unpaired) electrons. The smallest absolute Gasteiger partial charge is 0.0823 e. The molecule has 0 aliphatic heterocycles. The van der Waals surface area contributed by atoms with E-state index >= 15 is 0 Å². The van der Waals surface area contributed by atoms with Gasteiger partial charge in [0.1, 0.15) is 0 Å². The Morgan fingerprint density at radius 3 is 2.53 bits per heavy atom. The molecule has 1 saturated carbocycles. The first kappa shape index (κ1) is 11.3. The minimum atomic E-state index is -0.211. The Bertz CT molecular complexity index is 379. The average molecular weight is 230 g/mol. The molecule has 0 amide bonds. The van der Waals surface area contributed by atoms with Crippen molar-refractivity contribution in [1.82, 2.24) is 0 Å². The van der Waals surface area contributed by atoms with E-state index in [1.54, 1.807) is 0 Å². The SMILES string of the molecule is OC1c2ccccc2CCCC1C1CCCC1. The van der Waals surface area contributed by atoms with Crippen LogP contribution in [-0.2, 0) is 6.42 Å². The van der Waals surface area contributed by atoms with Crippen LogP contribution < -0.4 is 0 Å². The Morgan fingerprint density at radius 2 is 1.71 bits per heavy atom. The summed E-state index contributed by atoms with van der Waals surface area (Å²) in [7, 11) is 0. The van der Waals surface area contributed by atoms with Crippen LogP contribution >= 0.6 is 0 Å². The zero-order valence-electron chi connectivity index (χ0n) is 10.4. The molecule has 1 aromatic carbocycles. The van der Waals surface area contributed by atoms with Gasteiger partial charge in [0, 0.05) is 0 Å². The molecule has 2 atom stereocenters.